The van der Waals surface area contributed by atoms with Crippen molar-refractivity contribution >= 4 is 12.2 Å². The van der Waals surface area contributed by atoms with Gasteiger partial charge in [0, 0.05) is 0 Å². The molecule has 4 unspecified atom stereocenters. The van der Waals surface area contributed by atoms with E-state index < -0.39 is 0 Å². The monoisotopic (exact) mass is 214 g/mol. The molecule has 1 aliphatic heterocycles. The quantitative estimate of drug-likeness (QED) is 0.728. The Morgan fingerprint density at radius 3 is 2.43 bits per heavy atom. The molecule has 1 aliphatic rings. The summed E-state index contributed by atoms with van der Waals surface area (Å²) < 4.78 is 11.0. The van der Waals surface area contributed by atoms with Crippen LogP contribution >= 0.6 is 12.2 Å². The lowest BCUT2D eigenvalue weighted by Crippen LogP contribution is -2.15. The first-order valence-corrected chi connectivity index (χ1v) is 5.21. The number of H-pyrrole nitrogens is 1. The van der Waals surface area contributed by atoms with E-state index in [0.29, 0.717) is 16.6 Å². The van der Waals surface area contributed by atoms with E-state index in [4.69, 9.17) is 21.4 Å². The maximum absolute atomic E-state index is 5.70. The topological polar surface area (TPSA) is 51.0 Å². The Bertz CT molecular complexity index is 373. The zero-order chi connectivity index (χ0) is 10.3. The minimum absolute atomic E-state index is 0.140. The van der Waals surface area contributed by atoms with Gasteiger partial charge in [-0.1, -0.05) is 6.92 Å². The van der Waals surface area contributed by atoms with Gasteiger partial charge < -0.3 is 9.15 Å². The van der Waals surface area contributed by atoms with Gasteiger partial charge in [0.2, 0.25) is 5.89 Å². The molecule has 0 saturated carbocycles. The lowest BCUT2D eigenvalue weighted by molar-refractivity contribution is 0.0545. The first kappa shape index (κ1) is 9.86. The highest BCUT2D eigenvalue weighted by Gasteiger charge is 2.40. The second-order valence-corrected chi connectivity index (χ2v) is 4.25. The number of rotatable bonds is 1. The normalized spacial score (nSPS) is 37.6. The van der Waals surface area contributed by atoms with Crippen molar-refractivity contribution in [1.82, 2.24) is 10.2 Å². The summed E-state index contributed by atoms with van der Waals surface area (Å²) in [6.07, 6.45) is 0.386. The van der Waals surface area contributed by atoms with Gasteiger partial charge in [-0.25, -0.2) is 5.10 Å². The standard InChI is InChI=1S/C9H14N2O2S/c1-4-5(2)12-6(3)7(4)8-10-11-9(14)13-8/h4-7H,1-3H3,(H,11,14). The van der Waals surface area contributed by atoms with E-state index in [1.807, 2.05) is 6.92 Å². The molecule has 4 atom stereocenters. The van der Waals surface area contributed by atoms with Crippen LogP contribution in [0.25, 0.3) is 0 Å². The van der Waals surface area contributed by atoms with Gasteiger partial charge in [0.15, 0.2) is 0 Å². The van der Waals surface area contributed by atoms with Crippen molar-refractivity contribution in [2.45, 2.75) is 38.9 Å². The molecule has 78 valence electrons. The fourth-order valence-corrected chi connectivity index (χ4v) is 2.21. The minimum atomic E-state index is 0.140. The van der Waals surface area contributed by atoms with Crippen LogP contribution in [0.15, 0.2) is 4.42 Å². The summed E-state index contributed by atoms with van der Waals surface area (Å²) in [7, 11) is 0. The van der Waals surface area contributed by atoms with Crippen LogP contribution in [0.1, 0.15) is 32.6 Å². The fourth-order valence-electron chi connectivity index (χ4n) is 2.08. The summed E-state index contributed by atoms with van der Waals surface area (Å²) in [6.45, 7) is 6.26. The van der Waals surface area contributed by atoms with Gasteiger partial charge in [0.05, 0.1) is 18.1 Å². The Morgan fingerprint density at radius 2 is 2.00 bits per heavy atom. The van der Waals surface area contributed by atoms with Crippen LogP contribution in [0.2, 0.25) is 0 Å². The van der Waals surface area contributed by atoms with Crippen molar-refractivity contribution in [2.75, 3.05) is 0 Å². The van der Waals surface area contributed by atoms with E-state index >= 15 is 0 Å². The van der Waals surface area contributed by atoms with Gasteiger partial charge in [-0.3, -0.25) is 0 Å². The molecule has 5 heteroatoms. The molecule has 0 spiro atoms. The van der Waals surface area contributed by atoms with Crippen molar-refractivity contribution in [1.29, 1.82) is 0 Å². The second kappa shape index (κ2) is 3.47. The third-order valence-corrected chi connectivity index (χ3v) is 3.16. The maximum Gasteiger partial charge on any atom is 0.284 e. The molecule has 1 fully saturated rings. The van der Waals surface area contributed by atoms with Crippen molar-refractivity contribution < 1.29 is 9.15 Å². The Hall–Kier alpha value is -0.680. The van der Waals surface area contributed by atoms with Crippen LogP contribution in [0.5, 0.6) is 0 Å². The van der Waals surface area contributed by atoms with Crippen LogP contribution in [0.3, 0.4) is 0 Å². The molecular formula is C9H14N2O2S. The summed E-state index contributed by atoms with van der Waals surface area (Å²) in [5, 5.41) is 6.70. The summed E-state index contributed by atoms with van der Waals surface area (Å²) in [4.78, 5) is 0.332. The number of nitrogens with zero attached hydrogens (tertiary/aromatic N) is 1. The fraction of sp³-hybridized carbons (Fsp3) is 0.778. The van der Waals surface area contributed by atoms with E-state index in [2.05, 4.69) is 24.0 Å². The van der Waals surface area contributed by atoms with Crippen LogP contribution < -0.4 is 0 Å². The van der Waals surface area contributed by atoms with Gasteiger partial charge in [-0.15, -0.1) is 5.10 Å². The highest BCUT2D eigenvalue weighted by molar-refractivity contribution is 7.71. The molecule has 1 saturated heterocycles. The third kappa shape index (κ3) is 1.50. The van der Waals surface area contributed by atoms with E-state index in [0.717, 1.165) is 0 Å². The molecule has 0 aromatic carbocycles. The highest BCUT2D eigenvalue weighted by Crippen LogP contribution is 2.38. The molecule has 0 radical (unpaired) electrons. The number of nitrogens with one attached hydrogen (secondary N) is 1. The molecule has 2 rings (SSSR count). The minimum Gasteiger partial charge on any atom is -0.414 e. The molecule has 14 heavy (non-hydrogen) atoms. The highest BCUT2D eigenvalue weighted by atomic mass is 32.1. The summed E-state index contributed by atoms with van der Waals surface area (Å²) in [6, 6.07) is 0. The average Bonchev–Trinajstić information content (AvgIpc) is 2.60. The number of aromatic amines is 1. The molecular weight excluding hydrogens is 200 g/mol. The molecule has 0 amide bonds. The van der Waals surface area contributed by atoms with Crippen LogP contribution in [0, 0.1) is 10.8 Å². The lowest BCUT2D eigenvalue weighted by atomic mass is 9.89. The predicted octanol–water partition coefficient (Wildman–Crippen LogP) is 2.26. The van der Waals surface area contributed by atoms with Crippen LogP contribution in [-0.2, 0) is 4.74 Å². The smallest absolute Gasteiger partial charge is 0.284 e. The van der Waals surface area contributed by atoms with Gasteiger partial charge in [0.25, 0.3) is 4.84 Å². The molecule has 1 N–H and O–H groups in total. The van der Waals surface area contributed by atoms with Gasteiger partial charge in [-0.05, 0) is 32.0 Å². The first-order chi connectivity index (χ1) is 6.59. The zero-order valence-electron chi connectivity index (χ0n) is 8.48. The maximum atomic E-state index is 5.70. The molecule has 4 nitrogen and oxygen atoms in total. The largest absolute Gasteiger partial charge is 0.414 e. The number of hydrogen-bond acceptors (Lipinski definition) is 4. The van der Waals surface area contributed by atoms with Crippen molar-refractivity contribution in [3.8, 4) is 0 Å². The van der Waals surface area contributed by atoms with E-state index in [-0.39, 0.29) is 18.1 Å². The molecule has 1 aromatic rings. The van der Waals surface area contributed by atoms with Crippen molar-refractivity contribution in [2.24, 2.45) is 5.92 Å². The number of ether oxygens (including phenoxy) is 1. The Kier molecular flexibility index (Phi) is 2.45. The van der Waals surface area contributed by atoms with E-state index in [1.165, 1.54) is 0 Å². The average molecular weight is 214 g/mol. The van der Waals surface area contributed by atoms with Gasteiger partial charge in [0.1, 0.15) is 0 Å². The Balaban J connectivity index is 2.30. The molecule has 1 aromatic heterocycles. The third-order valence-electron chi connectivity index (χ3n) is 2.98. The predicted molar refractivity (Wildman–Crippen MR) is 53.6 cm³/mol. The van der Waals surface area contributed by atoms with Crippen LogP contribution in [0.4, 0.5) is 0 Å². The summed E-state index contributed by atoms with van der Waals surface area (Å²) >= 11 is 4.85. The Labute approximate surface area is 87.7 Å². The van der Waals surface area contributed by atoms with Gasteiger partial charge in [-0.2, -0.15) is 0 Å². The SMILES string of the molecule is CC1OC(C)C(c2n[nH]c(=S)o2)C1C. The first-order valence-electron chi connectivity index (χ1n) is 4.80. The van der Waals surface area contributed by atoms with Crippen molar-refractivity contribution in [3.63, 3.8) is 0 Å². The zero-order valence-corrected chi connectivity index (χ0v) is 9.30. The van der Waals surface area contributed by atoms with E-state index in [1.54, 1.807) is 0 Å². The van der Waals surface area contributed by atoms with Crippen LogP contribution in [-0.4, -0.2) is 22.4 Å². The molecule has 0 bridgehead atoms. The second-order valence-electron chi connectivity index (χ2n) is 3.88. The number of hydrogen-bond donors (Lipinski definition) is 1. The van der Waals surface area contributed by atoms with E-state index in [9.17, 15) is 0 Å². The number of aromatic nitrogens is 2. The molecule has 2 heterocycles. The van der Waals surface area contributed by atoms with Crippen molar-refractivity contribution in [3.05, 3.63) is 10.7 Å². The van der Waals surface area contributed by atoms with Gasteiger partial charge >= 0.3 is 0 Å². The lowest BCUT2D eigenvalue weighted by Gasteiger charge is -2.13. The molecule has 0 aliphatic carbocycles. The summed E-state index contributed by atoms with van der Waals surface area (Å²) in [5.74, 6) is 1.28. The summed E-state index contributed by atoms with van der Waals surface area (Å²) in [5.41, 5.74) is 0. The Morgan fingerprint density at radius 1 is 1.29 bits per heavy atom.